The molecule has 2 N–H and O–H groups in total. The molecule has 24 heavy (non-hydrogen) atoms. The van der Waals surface area contributed by atoms with Gasteiger partial charge in [0.05, 0.1) is 12.6 Å². The van der Waals surface area contributed by atoms with E-state index in [0.29, 0.717) is 6.54 Å². The monoisotopic (exact) mass is 326 g/mol. The molecule has 2 aromatic carbocycles. The highest BCUT2D eigenvalue weighted by atomic mass is 16.5. The van der Waals surface area contributed by atoms with E-state index in [-0.39, 0.29) is 18.6 Å². The highest BCUT2D eigenvalue weighted by Crippen LogP contribution is 2.19. The lowest BCUT2D eigenvalue weighted by Gasteiger charge is -2.12. The van der Waals surface area contributed by atoms with Crippen LogP contribution in [0.3, 0.4) is 0 Å². The Bertz CT molecular complexity index is 658. The van der Waals surface area contributed by atoms with Crippen LogP contribution in [0.2, 0.25) is 0 Å². The van der Waals surface area contributed by atoms with Gasteiger partial charge >= 0.3 is 0 Å². The molecule has 0 heterocycles. The second-order valence-electron chi connectivity index (χ2n) is 6.23. The van der Waals surface area contributed by atoms with Gasteiger partial charge < -0.3 is 15.4 Å². The van der Waals surface area contributed by atoms with E-state index in [4.69, 9.17) is 4.74 Å². The van der Waals surface area contributed by atoms with E-state index in [1.54, 1.807) is 0 Å². The first kappa shape index (κ1) is 18.0. The number of hydrogen-bond acceptors (Lipinski definition) is 3. The molecule has 4 nitrogen and oxygen atoms in total. The van der Waals surface area contributed by atoms with Crippen molar-refractivity contribution < 1.29 is 9.53 Å². The summed E-state index contributed by atoms with van der Waals surface area (Å²) in [5, 5.41) is 6.14. The number of anilines is 1. The van der Waals surface area contributed by atoms with Crippen LogP contribution in [0.1, 0.15) is 30.5 Å². The number of carbonyl (C=O) groups is 1. The van der Waals surface area contributed by atoms with Crippen molar-refractivity contribution in [3.8, 4) is 5.75 Å². The van der Waals surface area contributed by atoms with Crippen LogP contribution in [-0.2, 0) is 11.3 Å². The van der Waals surface area contributed by atoms with Crippen molar-refractivity contribution >= 4 is 11.6 Å². The lowest BCUT2D eigenvalue weighted by molar-refractivity contribution is -0.115. The largest absolute Gasteiger partial charge is 0.491 e. The van der Waals surface area contributed by atoms with E-state index in [1.807, 2.05) is 70.2 Å². The number of ether oxygens (including phenoxy) is 1. The summed E-state index contributed by atoms with van der Waals surface area (Å²) in [5.41, 5.74) is 4.17. The average Bonchev–Trinajstić information content (AvgIpc) is 2.52. The Morgan fingerprint density at radius 3 is 2.25 bits per heavy atom. The predicted octanol–water partition coefficient (Wildman–Crippen LogP) is 3.82. The summed E-state index contributed by atoms with van der Waals surface area (Å²) in [7, 11) is 0. The van der Waals surface area contributed by atoms with Gasteiger partial charge in [-0.2, -0.15) is 0 Å². The average molecular weight is 326 g/mol. The molecule has 2 aromatic rings. The number of rotatable bonds is 7. The second kappa shape index (κ2) is 8.50. The molecule has 0 saturated carbocycles. The van der Waals surface area contributed by atoms with Crippen LogP contribution in [0.5, 0.6) is 5.75 Å². The van der Waals surface area contributed by atoms with Crippen LogP contribution >= 0.6 is 0 Å². The van der Waals surface area contributed by atoms with E-state index in [0.717, 1.165) is 28.1 Å². The molecule has 0 fully saturated rings. The molecular weight excluding hydrogens is 300 g/mol. The Hall–Kier alpha value is -2.33. The van der Waals surface area contributed by atoms with E-state index in [2.05, 4.69) is 10.6 Å². The van der Waals surface area contributed by atoms with Gasteiger partial charge in [0.15, 0.2) is 0 Å². The topological polar surface area (TPSA) is 50.4 Å². The quantitative estimate of drug-likeness (QED) is 0.813. The molecule has 0 radical (unpaired) electrons. The van der Waals surface area contributed by atoms with Gasteiger partial charge in [0.25, 0.3) is 0 Å². The smallest absolute Gasteiger partial charge is 0.238 e. The Morgan fingerprint density at radius 2 is 1.67 bits per heavy atom. The number of amides is 1. The Labute approximate surface area is 144 Å². The molecule has 0 saturated heterocycles. The third kappa shape index (κ3) is 5.39. The zero-order valence-corrected chi connectivity index (χ0v) is 14.8. The number of para-hydroxylation sites is 1. The van der Waals surface area contributed by atoms with Crippen molar-refractivity contribution in [2.75, 3.05) is 11.9 Å². The van der Waals surface area contributed by atoms with Crippen molar-refractivity contribution in [1.29, 1.82) is 0 Å². The van der Waals surface area contributed by atoms with Crippen LogP contribution in [0, 0.1) is 13.8 Å². The first-order chi connectivity index (χ1) is 11.5. The third-order valence-electron chi connectivity index (χ3n) is 3.66. The maximum Gasteiger partial charge on any atom is 0.238 e. The highest BCUT2D eigenvalue weighted by Gasteiger charge is 2.07. The summed E-state index contributed by atoms with van der Waals surface area (Å²) in [6.45, 7) is 8.92. The minimum absolute atomic E-state index is 0.0350. The molecule has 0 bridgehead atoms. The Morgan fingerprint density at radius 1 is 1.04 bits per heavy atom. The second-order valence-corrected chi connectivity index (χ2v) is 6.23. The number of benzene rings is 2. The van der Waals surface area contributed by atoms with Gasteiger partial charge in [0.1, 0.15) is 5.75 Å². The van der Waals surface area contributed by atoms with Crippen molar-refractivity contribution in [2.24, 2.45) is 0 Å². The summed E-state index contributed by atoms with van der Waals surface area (Å²) in [4.78, 5) is 12.1. The molecule has 0 aliphatic heterocycles. The van der Waals surface area contributed by atoms with E-state index < -0.39 is 0 Å². The maximum absolute atomic E-state index is 12.1. The van der Waals surface area contributed by atoms with Gasteiger partial charge in [-0.15, -0.1) is 0 Å². The number of carbonyl (C=O) groups excluding carboxylic acids is 1. The van der Waals surface area contributed by atoms with Crippen molar-refractivity contribution in [2.45, 2.75) is 40.3 Å². The standard InChI is InChI=1S/C20H26N2O2/c1-14(2)24-18-10-8-17(9-11-18)12-21-13-19(23)22-20-15(3)6-5-7-16(20)4/h5-11,14,21H,12-13H2,1-4H3,(H,22,23). The first-order valence-electron chi connectivity index (χ1n) is 8.28. The molecule has 4 heteroatoms. The minimum atomic E-state index is -0.0350. The van der Waals surface area contributed by atoms with Gasteiger partial charge in [-0.05, 0) is 56.5 Å². The van der Waals surface area contributed by atoms with E-state index >= 15 is 0 Å². The summed E-state index contributed by atoms with van der Waals surface area (Å²) < 4.78 is 5.62. The zero-order chi connectivity index (χ0) is 17.5. The number of nitrogens with one attached hydrogen (secondary N) is 2. The van der Waals surface area contributed by atoms with Gasteiger partial charge in [-0.3, -0.25) is 4.79 Å². The summed E-state index contributed by atoms with van der Waals surface area (Å²) >= 11 is 0. The molecule has 2 rings (SSSR count). The zero-order valence-electron chi connectivity index (χ0n) is 14.8. The molecule has 128 valence electrons. The summed E-state index contributed by atoms with van der Waals surface area (Å²) in [6.07, 6.45) is 0.169. The minimum Gasteiger partial charge on any atom is -0.491 e. The summed E-state index contributed by atoms with van der Waals surface area (Å²) in [6, 6.07) is 13.9. The van der Waals surface area contributed by atoms with Gasteiger partial charge in [0, 0.05) is 12.2 Å². The Kier molecular flexibility index (Phi) is 6.38. The SMILES string of the molecule is Cc1cccc(C)c1NC(=O)CNCc1ccc(OC(C)C)cc1. The normalized spacial score (nSPS) is 10.7. The molecule has 0 aliphatic rings. The predicted molar refractivity (Wildman–Crippen MR) is 98.5 cm³/mol. The fourth-order valence-corrected chi connectivity index (χ4v) is 2.47. The van der Waals surface area contributed by atoms with Crippen molar-refractivity contribution in [3.05, 3.63) is 59.2 Å². The first-order valence-corrected chi connectivity index (χ1v) is 8.28. The van der Waals surface area contributed by atoms with Gasteiger partial charge in [-0.25, -0.2) is 0 Å². The molecule has 0 aliphatic carbocycles. The third-order valence-corrected chi connectivity index (χ3v) is 3.66. The fraction of sp³-hybridized carbons (Fsp3) is 0.350. The van der Waals surface area contributed by atoms with Crippen LogP contribution in [0.15, 0.2) is 42.5 Å². The number of hydrogen-bond donors (Lipinski definition) is 2. The lowest BCUT2D eigenvalue weighted by atomic mass is 10.1. The molecule has 1 amide bonds. The van der Waals surface area contributed by atoms with Gasteiger partial charge in [0.2, 0.25) is 5.91 Å². The molecule has 0 atom stereocenters. The van der Waals surface area contributed by atoms with Gasteiger partial charge in [-0.1, -0.05) is 30.3 Å². The van der Waals surface area contributed by atoms with E-state index in [1.165, 1.54) is 0 Å². The molecule has 0 aromatic heterocycles. The van der Waals surface area contributed by atoms with E-state index in [9.17, 15) is 4.79 Å². The highest BCUT2D eigenvalue weighted by molar-refractivity contribution is 5.93. The van der Waals surface area contributed by atoms with Crippen LogP contribution < -0.4 is 15.4 Å². The van der Waals surface area contributed by atoms with Crippen molar-refractivity contribution in [1.82, 2.24) is 5.32 Å². The Balaban J connectivity index is 1.80. The van der Waals surface area contributed by atoms with Crippen molar-refractivity contribution in [3.63, 3.8) is 0 Å². The maximum atomic E-state index is 12.1. The number of aryl methyl sites for hydroxylation is 2. The van der Waals surface area contributed by atoms with Crippen LogP contribution in [0.4, 0.5) is 5.69 Å². The molecule has 0 unspecified atom stereocenters. The lowest BCUT2D eigenvalue weighted by Crippen LogP contribution is -2.28. The summed E-state index contributed by atoms with van der Waals surface area (Å²) in [5.74, 6) is 0.827. The van der Waals surface area contributed by atoms with Crippen LogP contribution in [-0.4, -0.2) is 18.6 Å². The molecular formula is C20H26N2O2. The molecule has 0 spiro atoms. The fourth-order valence-electron chi connectivity index (χ4n) is 2.47. The van der Waals surface area contributed by atoms with Crippen LogP contribution in [0.25, 0.3) is 0 Å².